The summed E-state index contributed by atoms with van der Waals surface area (Å²) in [6.45, 7) is 1.83. The first-order valence-corrected chi connectivity index (χ1v) is 10.1. The van der Waals surface area contributed by atoms with Gasteiger partial charge in [-0.3, -0.25) is 0 Å². The maximum atomic E-state index is 12.2. The summed E-state index contributed by atoms with van der Waals surface area (Å²) in [5.74, 6) is 7.83. The number of hydrogen-bond donors (Lipinski definition) is 1. The van der Waals surface area contributed by atoms with E-state index >= 15 is 0 Å². The van der Waals surface area contributed by atoms with Gasteiger partial charge in [-0.1, -0.05) is 23.9 Å². The van der Waals surface area contributed by atoms with Crippen molar-refractivity contribution < 1.29 is 12.8 Å². The van der Waals surface area contributed by atoms with Gasteiger partial charge in [0.05, 0.1) is 16.7 Å². The smallest absolute Gasteiger partial charge is 0.242 e. The average Bonchev–Trinajstić information content (AvgIpc) is 3.18. The van der Waals surface area contributed by atoms with Crippen molar-refractivity contribution in [2.45, 2.75) is 22.7 Å². The van der Waals surface area contributed by atoms with Gasteiger partial charge in [-0.15, -0.1) is 10.2 Å². The van der Waals surface area contributed by atoms with Gasteiger partial charge >= 0.3 is 0 Å². The molecule has 0 saturated heterocycles. The van der Waals surface area contributed by atoms with Crippen LogP contribution in [-0.2, 0) is 15.8 Å². The molecule has 0 fully saturated rings. The van der Waals surface area contributed by atoms with Crippen molar-refractivity contribution in [1.82, 2.24) is 19.2 Å². The van der Waals surface area contributed by atoms with E-state index in [1.54, 1.807) is 30.5 Å². The van der Waals surface area contributed by atoms with Crippen LogP contribution in [0.1, 0.15) is 11.3 Å². The highest BCUT2D eigenvalue weighted by Gasteiger charge is 2.18. The molecule has 0 bridgehead atoms. The fourth-order valence-corrected chi connectivity index (χ4v) is 4.10. The average molecular weight is 393 g/mol. The summed E-state index contributed by atoms with van der Waals surface area (Å²) in [5.41, 5.74) is 1.63. The molecule has 26 heavy (non-hydrogen) atoms. The zero-order valence-corrected chi connectivity index (χ0v) is 16.2. The van der Waals surface area contributed by atoms with Gasteiger partial charge in [-0.05, 0) is 30.7 Å². The van der Waals surface area contributed by atoms with Crippen LogP contribution in [0.5, 0.6) is 0 Å². The number of nitrogen functional groups attached to an aromatic ring is 1. The maximum absolute atomic E-state index is 12.2. The maximum Gasteiger partial charge on any atom is 0.242 e. The lowest BCUT2D eigenvalue weighted by Gasteiger charge is -2.12. The molecule has 0 aliphatic rings. The molecule has 3 rings (SSSR count). The molecule has 8 nitrogen and oxygen atoms in total. The molecule has 2 heterocycles. The Balaban J connectivity index is 1.79. The first kappa shape index (κ1) is 18.5. The number of sulfonamides is 1. The van der Waals surface area contributed by atoms with Crippen LogP contribution < -0.4 is 5.84 Å². The Labute approximate surface area is 156 Å². The van der Waals surface area contributed by atoms with E-state index in [4.69, 9.17) is 10.3 Å². The molecule has 1 aromatic carbocycles. The van der Waals surface area contributed by atoms with E-state index in [1.165, 1.54) is 34.8 Å². The van der Waals surface area contributed by atoms with E-state index in [1.807, 2.05) is 13.0 Å². The molecule has 2 aromatic heterocycles. The third-order valence-electron chi connectivity index (χ3n) is 3.81. The Morgan fingerprint density at radius 1 is 1.27 bits per heavy atom. The van der Waals surface area contributed by atoms with E-state index in [2.05, 4.69) is 10.2 Å². The number of nitrogens with zero attached hydrogens (tertiary/aromatic N) is 4. The van der Waals surface area contributed by atoms with Crippen LogP contribution in [0.2, 0.25) is 0 Å². The topological polar surface area (TPSA) is 107 Å². The summed E-state index contributed by atoms with van der Waals surface area (Å²) in [5, 5.41) is 8.76. The van der Waals surface area contributed by atoms with Crippen molar-refractivity contribution >= 4 is 21.8 Å². The second-order valence-electron chi connectivity index (χ2n) is 5.79. The molecule has 10 heteroatoms. The first-order chi connectivity index (χ1) is 12.3. The highest BCUT2D eigenvalue weighted by atomic mass is 32.2. The minimum atomic E-state index is -3.46. The largest absolute Gasteiger partial charge is 0.469 e. The van der Waals surface area contributed by atoms with E-state index in [9.17, 15) is 8.42 Å². The number of aromatic nitrogens is 3. The van der Waals surface area contributed by atoms with Gasteiger partial charge in [-0.2, -0.15) is 0 Å². The molecule has 138 valence electrons. The quantitative estimate of drug-likeness (QED) is 0.505. The molecule has 0 unspecified atom stereocenters. The molecule has 0 spiro atoms. The van der Waals surface area contributed by atoms with Crippen molar-refractivity contribution in [2.75, 3.05) is 19.9 Å². The third-order valence-corrected chi connectivity index (χ3v) is 6.63. The normalized spacial score (nSPS) is 12.0. The van der Waals surface area contributed by atoms with Gasteiger partial charge in [0.2, 0.25) is 15.2 Å². The van der Waals surface area contributed by atoms with Gasteiger partial charge in [0.1, 0.15) is 5.76 Å². The Hall–Kier alpha value is -2.30. The van der Waals surface area contributed by atoms with Crippen molar-refractivity contribution in [2.24, 2.45) is 0 Å². The number of rotatable bonds is 6. The van der Waals surface area contributed by atoms with E-state index in [-0.39, 0.29) is 4.90 Å². The summed E-state index contributed by atoms with van der Waals surface area (Å²) in [6.07, 6.45) is 1.57. The number of thioether (sulfide) groups is 1. The molecule has 0 saturated carbocycles. The lowest BCUT2D eigenvalue weighted by molar-refractivity contribution is 0.520. The summed E-state index contributed by atoms with van der Waals surface area (Å²) in [7, 11) is -0.451. The molecular weight excluding hydrogens is 374 g/mol. The molecule has 2 N–H and O–H groups in total. The monoisotopic (exact) mass is 393 g/mol. The molecule has 0 aliphatic heterocycles. The van der Waals surface area contributed by atoms with Gasteiger partial charge in [0.25, 0.3) is 0 Å². The molecule has 0 atom stereocenters. The van der Waals surface area contributed by atoms with Crippen LogP contribution in [0.3, 0.4) is 0 Å². The molecule has 0 radical (unpaired) electrons. The Morgan fingerprint density at radius 2 is 2.04 bits per heavy atom. The van der Waals surface area contributed by atoms with Gasteiger partial charge in [-0.25, -0.2) is 17.4 Å². The van der Waals surface area contributed by atoms with Crippen LogP contribution in [0.4, 0.5) is 0 Å². The molecule has 3 aromatic rings. The number of hydrogen-bond acceptors (Lipinski definition) is 7. The summed E-state index contributed by atoms with van der Waals surface area (Å²) >= 11 is 1.38. The van der Waals surface area contributed by atoms with Crippen molar-refractivity contribution in [3.8, 4) is 11.4 Å². The minimum absolute atomic E-state index is 0.254. The van der Waals surface area contributed by atoms with Crippen molar-refractivity contribution in [3.05, 3.63) is 47.9 Å². The first-order valence-electron chi connectivity index (χ1n) is 7.70. The Bertz CT molecular complexity index is 1020. The Morgan fingerprint density at radius 3 is 2.69 bits per heavy atom. The zero-order chi connectivity index (χ0) is 18.9. The number of aryl methyl sites for hydroxylation is 1. The highest BCUT2D eigenvalue weighted by Crippen LogP contribution is 2.27. The van der Waals surface area contributed by atoms with Crippen LogP contribution in [0.25, 0.3) is 11.4 Å². The van der Waals surface area contributed by atoms with Gasteiger partial charge in [0, 0.05) is 19.8 Å². The lowest BCUT2D eigenvalue weighted by atomic mass is 10.2. The van der Waals surface area contributed by atoms with E-state index in [0.717, 1.165) is 11.1 Å². The fraction of sp³-hybridized carbons (Fsp3) is 0.250. The predicted molar refractivity (Wildman–Crippen MR) is 99.5 cm³/mol. The molecule has 0 aliphatic carbocycles. The van der Waals surface area contributed by atoms with Crippen LogP contribution in [-0.4, -0.2) is 41.7 Å². The zero-order valence-electron chi connectivity index (χ0n) is 14.6. The van der Waals surface area contributed by atoms with Crippen LogP contribution >= 0.6 is 11.8 Å². The van der Waals surface area contributed by atoms with Gasteiger partial charge in [0.15, 0.2) is 5.82 Å². The summed E-state index contributed by atoms with van der Waals surface area (Å²) in [4.78, 5) is 0.254. The van der Waals surface area contributed by atoms with Gasteiger partial charge < -0.3 is 10.3 Å². The lowest BCUT2D eigenvalue weighted by Crippen LogP contribution is -2.22. The van der Waals surface area contributed by atoms with Crippen molar-refractivity contribution in [3.63, 3.8) is 0 Å². The van der Waals surface area contributed by atoms with Crippen molar-refractivity contribution in [1.29, 1.82) is 0 Å². The third kappa shape index (κ3) is 3.48. The SMILES string of the molecule is Cc1occc1-c1nnc(SCc2cccc(S(=O)(=O)N(C)C)c2)n1N. The van der Waals surface area contributed by atoms with Crippen LogP contribution in [0, 0.1) is 6.92 Å². The second-order valence-corrected chi connectivity index (χ2v) is 8.88. The summed E-state index contributed by atoms with van der Waals surface area (Å²) < 4.78 is 32.4. The highest BCUT2D eigenvalue weighted by molar-refractivity contribution is 7.98. The van der Waals surface area contributed by atoms with Crippen LogP contribution in [0.15, 0.2) is 51.1 Å². The molecular formula is C16H19N5O3S2. The second kappa shape index (κ2) is 7.14. The number of furan rings is 1. The van der Waals surface area contributed by atoms with E-state index < -0.39 is 10.0 Å². The number of benzene rings is 1. The minimum Gasteiger partial charge on any atom is -0.469 e. The Kier molecular flexibility index (Phi) is 5.08. The standard InChI is InChI=1S/C16H19N5O3S2/c1-11-14(7-8-24-11)15-18-19-16(21(15)17)25-10-12-5-4-6-13(9-12)26(22,23)20(2)3/h4-9H,10,17H2,1-3H3. The molecule has 0 amide bonds. The number of nitrogens with two attached hydrogens (primary N) is 1. The van der Waals surface area contributed by atoms with E-state index in [0.29, 0.717) is 22.5 Å². The fourth-order valence-electron chi connectivity index (χ4n) is 2.33. The predicted octanol–water partition coefficient (Wildman–Crippen LogP) is 2.10. The summed E-state index contributed by atoms with van der Waals surface area (Å²) in [6, 6.07) is 8.60.